The van der Waals surface area contributed by atoms with Gasteiger partial charge in [-0.2, -0.15) is 5.26 Å². The van der Waals surface area contributed by atoms with Crippen LogP contribution in [0.2, 0.25) is 0 Å². The number of benzene rings is 2. The van der Waals surface area contributed by atoms with Crippen molar-refractivity contribution in [2.45, 2.75) is 19.8 Å². The second-order valence-corrected chi connectivity index (χ2v) is 6.00. The van der Waals surface area contributed by atoms with Crippen LogP contribution in [-0.4, -0.2) is 4.98 Å². The predicted octanol–water partition coefficient (Wildman–Crippen LogP) is 5.10. The van der Waals surface area contributed by atoms with Gasteiger partial charge in [0.05, 0.1) is 5.69 Å². The van der Waals surface area contributed by atoms with Crippen molar-refractivity contribution in [2.75, 3.05) is 5.73 Å². The minimum absolute atomic E-state index is 0.0151. The van der Waals surface area contributed by atoms with E-state index in [2.05, 4.69) is 11.9 Å². The number of pyridine rings is 1. The molecule has 0 fully saturated rings. The van der Waals surface area contributed by atoms with Gasteiger partial charge in [-0.05, 0) is 30.2 Å². The molecular formula is C21H17F2N3. The minimum Gasteiger partial charge on any atom is -0.383 e. The molecule has 0 aliphatic carbocycles. The first kappa shape index (κ1) is 17.6. The van der Waals surface area contributed by atoms with Gasteiger partial charge < -0.3 is 5.73 Å². The molecule has 2 aromatic carbocycles. The highest BCUT2D eigenvalue weighted by Crippen LogP contribution is 2.33. The summed E-state index contributed by atoms with van der Waals surface area (Å²) in [6.45, 7) is 2.11. The van der Waals surface area contributed by atoms with E-state index in [0.717, 1.165) is 30.5 Å². The first-order chi connectivity index (χ1) is 12.5. The monoisotopic (exact) mass is 349 g/mol. The molecule has 1 heterocycles. The molecule has 3 rings (SSSR count). The molecule has 0 unspecified atom stereocenters. The van der Waals surface area contributed by atoms with Gasteiger partial charge in [0.2, 0.25) is 0 Å². The van der Waals surface area contributed by atoms with Gasteiger partial charge in [0.25, 0.3) is 0 Å². The standard InChI is InChI=1S/C21H17F2N3/c1-2-3-13-4-6-14(7-5-13)20-11-17(18(12-24)21(25)26-20)16-9-8-15(22)10-19(16)23/h4-11H,2-3H2,1H3,(H2,25,26). The Balaban J connectivity index is 2.14. The summed E-state index contributed by atoms with van der Waals surface area (Å²) in [7, 11) is 0. The molecule has 0 amide bonds. The zero-order valence-corrected chi connectivity index (χ0v) is 14.3. The number of aromatic nitrogens is 1. The number of halogens is 2. The average molecular weight is 349 g/mol. The number of hydrogen-bond acceptors (Lipinski definition) is 3. The molecule has 3 nitrogen and oxygen atoms in total. The Morgan fingerprint density at radius 1 is 1.04 bits per heavy atom. The highest BCUT2D eigenvalue weighted by atomic mass is 19.1. The van der Waals surface area contributed by atoms with E-state index in [9.17, 15) is 14.0 Å². The lowest BCUT2D eigenvalue weighted by Gasteiger charge is -2.11. The van der Waals surface area contributed by atoms with E-state index in [1.165, 1.54) is 11.6 Å². The summed E-state index contributed by atoms with van der Waals surface area (Å²) >= 11 is 0. The molecule has 1 aromatic heterocycles. The predicted molar refractivity (Wildman–Crippen MR) is 98.1 cm³/mol. The molecular weight excluding hydrogens is 332 g/mol. The van der Waals surface area contributed by atoms with Gasteiger partial charge in [-0.25, -0.2) is 13.8 Å². The summed E-state index contributed by atoms with van der Waals surface area (Å²) in [5.41, 5.74) is 8.97. The average Bonchev–Trinajstić information content (AvgIpc) is 2.62. The number of anilines is 1. The van der Waals surface area contributed by atoms with Gasteiger partial charge in [-0.1, -0.05) is 37.6 Å². The second-order valence-electron chi connectivity index (χ2n) is 6.00. The molecule has 0 bridgehead atoms. The van der Waals surface area contributed by atoms with Crippen molar-refractivity contribution in [1.29, 1.82) is 5.26 Å². The van der Waals surface area contributed by atoms with Crippen molar-refractivity contribution >= 4 is 5.82 Å². The molecule has 26 heavy (non-hydrogen) atoms. The summed E-state index contributed by atoms with van der Waals surface area (Å²) < 4.78 is 27.5. The van der Waals surface area contributed by atoms with Crippen molar-refractivity contribution in [3.8, 4) is 28.5 Å². The third-order valence-electron chi connectivity index (χ3n) is 4.17. The third kappa shape index (κ3) is 3.40. The molecule has 0 aliphatic rings. The summed E-state index contributed by atoms with van der Waals surface area (Å²) in [6.07, 6.45) is 2.03. The Bertz CT molecular complexity index is 989. The highest BCUT2D eigenvalue weighted by Gasteiger charge is 2.16. The van der Waals surface area contributed by atoms with E-state index in [0.29, 0.717) is 11.3 Å². The van der Waals surface area contributed by atoms with Crippen molar-refractivity contribution in [2.24, 2.45) is 0 Å². The Morgan fingerprint density at radius 2 is 1.77 bits per heavy atom. The number of nitrogens with zero attached hydrogens (tertiary/aromatic N) is 2. The number of aryl methyl sites for hydroxylation is 1. The van der Waals surface area contributed by atoms with Crippen molar-refractivity contribution < 1.29 is 8.78 Å². The minimum atomic E-state index is -0.753. The van der Waals surface area contributed by atoms with E-state index in [4.69, 9.17) is 5.73 Å². The lowest BCUT2D eigenvalue weighted by atomic mass is 9.97. The topological polar surface area (TPSA) is 62.7 Å². The first-order valence-electron chi connectivity index (χ1n) is 8.28. The zero-order chi connectivity index (χ0) is 18.7. The van der Waals surface area contributed by atoms with Crippen molar-refractivity contribution in [3.05, 3.63) is 71.3 Å². The molecule has 0 saturated carbocycles. The van der Waals surface area contributed by atoms with E-state index >= 15 is 0 Å². The van der Waals surface area contributed by atoms with Crippen LogP contribution in [0.5, 0.6) is 0 Å². The van der Waals surface area contributed by atoms with Crippen LogP contribution in [0.3, 0.4) is 0 Å². The number of nitrogen functional groups attached to an aromatic ring is 1. The number of rotatable bonds is 4. The van der Waals surface area contributed by atoms with Gasteiger partial charge in [-0.3, -0.25) is 0 Å². The van der Waals surface area contributed by atoms with Crippen LogP contribution in [0.15, 0.2) is 48.5 Å². The van der Waals surface area contributed by atoms with Crippen LogP contribution >= 0.6 is 0 Å². The first-order valence-corrected chi connectivity index (χ1v) is 8.28. The van der Waals surface area contributed by atoms with Gasteiger partial charge >= 0.3 is 0 Å². The van der Waals surface area contributed by atoms with E-state index in [1.807, 2.05) is 30.3 Å². The third-order valence-corrected chi connectivity index (χ3v) is 4.17. The SMILES string of the molecule is CCCc1ccc(-c2cc(-c3ccc(F)cc3F)c(C#N)c(N)n2)cc1. The van der Waals surface area contributed by atoms with Gasteiger partial charge in [0.1, 0.15) is 29.1 Å². The zero-order valence-electron chi connectivity index (χ0n) is 14.3. The van der Waals surface area contributed by atoms with Crippen LogP contribution in [0, 0.1) is 23.0 Å². The molecule has 0 radical (unpaired) electrons. The Hall–Kier alpha value is -3.26. The van der Waals surface area contributed by atoms with Crippen LogP contribution in [0.1, 0.15) is 24.5 Å². The maximum Gasteiger partial charge on any atom is 0.142 e. The summed E-state index contributed by atoms with van der Waals surface area (Å²) in [5.74, 6) is -1.42. The normalized spacial score (nSPS) is 10.5. The van der Waals surface area contributed by atoms with E-state index in [-0.39, 0.29) is 16.9 Å². The number of nitrogens with two attached hydrogens (primary N) is 1. The Kier molecular flexibility index (Phi) is 4.94. The molecule has 0 aliphatic heterocycles. The summed E-state index contributed by atoms with van der Waals surface area (Å²) in [5, 5.41) is 9.40. The molecule has 0 saturated heterocycles. The second kappa shape index (κ2) is 7.32. The van der Waals surface area contributed by atoms with Gasteiger partial charge in [0, 0.05) is 22.8 Å². The van der Waals surface area contributed by atoms with Gasteiger partial charge in [0.15, 0.2) is 0 Å². The number of nitriles is 1. The highest BCUT2D eigenvalue weighted by molar-refractivity contribution is 5.80. The fourth-order valence-electron chi connectivity index (χ4n) is 2.88. The van der Waals surface area contributed by atoms with E-state index < -0.39 is 11.6 Å². The molecule has 0 spiro atoms. The fraction of sp³-hybridized carbons (Fsp3) is 0.143. The molecule has 3 aromatic rings. The fourth-order valence-corrected chi connectivity index (χ4v) is 2.88. The maximum absolute atomic E-state index is 14.2. The van der Waals surface area contributed by atoms with Crippen LogP contribution in [0.25, 0.3) is 22.4 Å². The summed E-state index contributed by atoms with van der Waals surface area (Å²) in [4.78, 5) is 4.28. The molecule has 0 atom stereocenters. The maximum atomic E-state index is 14.2. The largest absolute Gasteiger partial charge is 0.383 e. The molecule has 5 heteroatoms. The van der Waals surface area contributed by atoms with Crippen LogP contribution in [-0.2, 0) is 6.42 Å². The number of hydrogen-bond donors (Lipinski definition) is 1. The Morgan fingerprint density at radius 3 is 2.38 bits per heavy atom. The lowest BCUT2D eigenvalue weighted by Crippen LogP contribution is -2.01. The quantitative estimate of drug-likeness (QED) is 0.713. The van der Waals surface area contributed by atoms with Crippen molar-refractivity contribution in [1.82, 2.24) is 4.98 Å². The lowest BCUT2D eigenvalue weighted by molar-refractivity contribution is 0.585. The summed E-state index contributed by atoms with van der Waals surface area (Å²) in [6, 6.07) is 14.7. The Labute approximate surface area is 150 Å². The van der Waals surface area contributed by atoms with Gasteiger partial charge in [-0.15, -0.1) is 0 Å². The molecule has 130 valence electrons. The van der Waals surface area contributed by atoms with Crippen molar-refractivity contribution in [3.63, 3.8) is 0 Å². The van der Waals surface area contributed by atoms with Crippen LogP contribution in [0.4, 0.5) is 14.6 Å². The smallest absolute Gasteiger partial charge is 0.142 e. The molecule has 2 N–H and O–H groups in total. The van der Waals surface area contributed by atoms with E-state index in [1.54, 1.807) is 6.07 Å². The van der Waals surface area contributed by atoms with Crippen LogP contribution < -0.4 is 5.73 Å².